The minimum atomic E-state index is -0.303. The highest BCUT2D eigenvalue weighted by molar-refractivity contribution is 9.10. The third-order valence-corrected chi connectivity index (χ3v) is 2.76. The lowest BCUT2D eigenvalue weighted by Gasteiger charge is -2.01. The molecule has 2 aromatic rings. The number of aromatic nitrogens is 1. The summed E-state index contributed by atoms with van der Waals surface area (Å²) in [7, 11) is 0. The number of pyridine rings is 1. The van der Waals surface area contributed by atoms with Crippen LogP contribution >= 0.6 is 15.9 Å². The SMILES string of the molecule is O=C(/C=C/c1ccc(F)cc1)Nc1ccc(Br)nc1. The Kier molecular flexibility index (Phi) is 4.41. The number of benzene rings is 1. The van der Waals surface area contributed by atoms with Gasteiger partial charge < -0.3 is 5.32 Å². The second-order valence-corrected chi connectivity index (χ2v) is 4.56. The van der Waals surface area contributed by atoms with Crippen molar-refractivity contribution in [3.63, 3.8) is 0 Å². The Hall–Kier alpha value is -2.01. The Morgan fingerprint density at radius 2 is 1.95 bits per heavy atom. The molecular weight excluding hydrogens is 311 g/mol. The Morgan fingerprint density at radius 3 is 2.58 bits per heavy atom. The Bertz CT molecular complexity index is 594. The third kappa shape index (κ3) is 4.30. The molecule has 0 aliphatic carbocycles. The van der Waals surface area contributed by atoms with Gasteiger partial charge in [0.15, 0.2) is 0 Å². The first-order valence-corrected chi connectivity index (χ1v) is 6.29. The zero-order valence-corrected chi connectivity index (χ0v) is 11.4. The van der Waals surface area contributed by atoms with Crippen LogP contribution in [0.3, 0.4) is 0 Å². The van der Waals surface area contributed by atoms with E-state index in [0.29, 0.717) is 10.3 Å². The third-order valence-electron chi connectivity index (χ3n) is 2.29. The predicted molar refractivity (Wildman–Crippen MR) is 76.0 cm³/mol. The summed E-state index contributed by atoms with van der Waals surface area (Å²) < 4.78 is 13.4. The highest BCUT2D eigenvalue weighted by Crippen LogP contribution is 2.10. The van der Waals surface area contributed by atoms with Gasteiger partial charge in [0.1, 0.15) is 10.4 Å². The van der Waals surface area contributed by atoms with E-state index in [1.54, 1.807) is 36.5 Å². The van der Waals surface area contributed by atoms with Gasteiger partial charge in [-0.05, 0) is 51.8 Å². The normalized spacial score (nSPS) is 10.6. The summed E-state index contributed by atoms with van der Waals surface area (Å²) in [4.78, 5) is 15.6. The second kappa shape index (κ2) is 6.24. The van der Waals surface area contributed by atoms with E-state index in [1.807, 2.05) is 0 Å². The summed E-state index contributed by atoms with van der Waals surface area (Å²) in [6, 6.07) is 9.35. The standard InChI is InChI=1S/C14H10BrFN2O/c15-13-7-6-12(9-17-13)18-14(19)8-3-10-1-4-11(16)5-2-10/h1-9H,(H,18,19)/b8-3+. The molecule has 0 aliphatic heterocycles. The molecule has 3 nitrogen and oxygen atoms in total. The predicted octanol–water partition coefficient (Wildman–Crippen LogP) is 3.64. The molecule has 2 rings (SSSR count). The Morgan fingerprint density at radius 1 is 1.21 bits per heavy atom. The second-order valence-electron chi connectivity index (χ2n) is 3.74. The van der Waals surface area contributed by atoms with Gasteiger partial charge in [0.25, 0.3) is 0 Å². The van der Waals surface area contributed by atoms with E-state index in [1.165, 1.54) is 18.2 Å². The van der Waals surface area contributed by atoms with Crippen LogP contribution < -0.4 is 5.32 Å². The topological polar surface area (TPSA) is 42.0 Å². The van der Waals surface area contributed by atoms with Crippen molar-refractivity contribution in [2.75, 3.05) is 5.32 Å². The molecule has 0 aliphatic rings. The van der Waals surface area contributed by atoms with Gasteiger partial charge in [0.05, 0.1) is 11.9 Å². The van der Waals surface area contributed by atoms with E-state index in [2.05, 4.69) is 26.2 Å². The Labute approximate surface area is 118 Å². The van der Waals surface area contributed by atoms with Crippen LogP contribution in [0, 0.1) is 5.82 Å². The molecule has 0 saturated heterocycles. The Balaban J connectivity index is 1.97. The number of hydrogen-bond acceptors (Lipinski definition) is 2. The summed E-state index contributed by atoms with van der Waals surface area (Å²) >= 11 is 3.21. The number of anilines is 1. The van der Waals surface area contributed by atoms with Gasteiger partial charge in [-0.1, -0.05) is 12.1 Å². The lowest BCUT2D eigenvalue weighted by molar-refractivity contribution is -0.111. The highest BCUT2D eigenvalue weighted by Gasteiger charge is 1.98. The molecule has 0 unspecified atom stereocenters. The molecule has 0 spiro atoms. The largest absolute Gasteiger partial charge is 0.321 e. The first kappa shape index (κ1) is 13.4. The van der Waals surface area contributed by atoms with Crippen LogP contribution in [0.4, 0.5) is 10.1 Å². The maximum absolute atomic E-state index is 12.7. The van der Waals surface area contributed by atoms with E-state index in [0.717, 1.165) is 5.56 Å². The van der Waals surface area contributed by atoms with E-state index in [-0.39, 0.29) is 11.7 Å². The molecule has 1 N–H and O–H groups in total. The van der Waals surface area contributed by atoms with Gasteiger partial charge in [0, 0.05) is 6.08 Å². The molecule has 0 fully saturated rings. The zero-order valence-electron chi connectivity index (χ0n) is 9.81. The van der Waals surface area contributed by atoms with Gasteiger partial charge in [-0.15, -0.1) is 0 Å². The van der Waals surface area contributed by atoms with Crippen molar-refractivity contribution in [2.24, 2.45) is 0 Å². The van der Waals surface area contributed by atoms with Gasteiger partial charge in [-0.3, -0.25) is 4.79 Å². The van der Waals surface area contributed by atoms with Crippen LogP contribution in [0.15, 0.2) is 53.3 Å². The van der Waals surface area contributed by atoms with E-state index < -0.39 is 0 Å². The molecular formula is C14H10BrFN2O. The zero-order chi connectivity index (χ0) is 13.7. The fraction of sp³-hybridized carbons (Fsp3) is 0. The minimum absolute atomic E-state index is 0.270. The monoisotopic (exact) mass is 320 g/mol. The van der Waals surface area contributed by atoms with Crippen molar-refractivity contribution in [3.8, 4) is 0 Å². The molecule has 5 heteroatoms. The van der Waals surface area contributed by atoms with Crippen molar-refractivity contribution >= 4 is 33.6 Å². The van der Waals surface area contributed by atoms with Crippen LogP contribution in [-0.4, -0.2) is 10.9 Å². The van der Waals surface area contributed by atoms with Crippen molar-refractivity contribution in [3.05, 3.63) is 64.7 Å². The number of rotatable bonds is 3. The van der Waals surface area contributed by atoms with Crippen molar-refractivity contribution in [1.29, 1.82) is 0 Å². The van der Waals surface area contributed by atoms with Crippen molar-refractivity contribution < 1.29 is 9.18 Å². The molecule has 19 heavy (non-hydrogen) atoms. The van der Waals surface area contributed by atoms with Crippen molar-refractivity contribution in [1.82, 2.24) is 4.98 Å². The highest BCUT2D eigenvalue weighted by atomic mass is 79.9. The minimum Gasteiger partial charge on any atom is -0.321 e. The number of carbonyl (C=O) groups is 1. The van der Waals surface area contributed by atoms with Crippen molar-refractivity contribution in [2.45, 2.75) is 0 Å². The molecule has 0 atom stereocenters. The van der Waals surface area contributed by atoms with Crippen LogP contribution in [0.2, 0.25) is 0 Å². The summed E-state index contributed by atoms with van der Waals surface area (Å²) in [6.45, 7) is 0. The molecule has 1 aromatic heterocycles. The average Bonchev–Trinajstić information content (AvgIpc) is 2.41. The van der Waals surface area contributed by atoms with Gasteiger partial charge in [-0.2, -0.15) is 0 Å². The summed E-state index contributed by atoms with van der Waals surface area (Å²) in [5.41, 5.74) is 1.36. The van der Waals surface area contributed by atoms with Gasteiger partial charge in [-0.25, -0.2) is 9.37 Å². The smallest absolute Gasteiger partial charge is 0.248 e. The number of halogens is 2. The van der Waals surface area contributed by atoms with Crippen LogP contribution in [0.1, 0.15) is 5.56 Å². The molecule has 1 amide bonds. The molecule has 0 bridgehead atoms. The number of carbonyl (C=O) groups excluding carboxylic acids is 1. The quantitative estimate of drug-likeness (QED) is 0.693. The van der Waals surface area contributed by atoms with Gasteiger partial charge in [0.2, 0.25) is 5.91 Å². The van der Waals surface area contributed by atoms with E-state index in [4.69, 9.17) is 0 Å². The fourth-order valence-corrected chi connectivity index (χ4v) is 1.61. The molecule has 1 heterocycles. The summed E-state index contributed by atoms with van der Waals surface area (Å²) in [5.74, 6) is -0.573. The lowest BCUT2D eigenvalue weighted by atomic mass is 10.2. The van der Waals surface area contributed by atoms with E-state index >= 15 is 0 Å². The maximum atomic E-state index is 12.7. The first-order valence-electron chi connectivity index (χ1n) is 5.50. The molecule has 1 aromatic carbocycles. The van der Waals surface area contributed by atoms with E-state index in [9.17, 15) is 9.18 Å². The molecule has 96 valence electrons. The van der Waals surface area contributed by atoms with Gasteiger partial charge >= 0.3 is 0 Å². The number of nitrogens with zero attached hydrogens (tertiary/aromatic N) is 1. The molecule has 0 saturated carbocycles. The average molecular weight is 321 g/mol. The molecule has 0 radical (unpaired) electrons. The summed E-state index contributed by atoms with van der Waals surface area (Å²) in [6.07, 6.45) is 4.55. The number of hydrogen-bond donors (Lipinski definition) is 1. The fourth-order valence-electron chi connectivity index (χ4n) is 1.38. The van der Waals surface area contributed by atoms with Crippen LogP contribution in [0.5, 0.6) is 0 Å². The number of amides is 1. The van der Waals surface area contributed by atoms with Crippen LogP contribution in [0.25, 0.3) is 6.08 Å². The van der Waals surface area contributed by atoms with Crippen LogP contribution in [-0.2, 0) is 4.79 Å². The summed E-state index contributed by atoms with van der Waals surface area (Å²) in [5, 5.41) is 2.67. The first-order chi connectivity index (χ1) is 9.13. The maximum Gasteiger partial charge on any atom is 0.248 e. The lowest BCUT2D eigenvalue weighted by Crippen LogP contribution is -2.07. The number of nitrogens with one attached hydrogen (secondary N) is 1.